The van der Waals surface area contributed by atoms with Crippen LogP contribution in [0.4, 0.5) is 0 Å². The van der Waals surface area contributed by atoms with E-state index in [9.17, 15) is 4.79 Å². The van der Waals surface area contributed by atoms with E-state index >= 15 is 0 Å². The first kappa shape index (κ1) is 19.4. The van der Waals surface area contributed by atoms with Gasteiger partial charge in [-0.1, -0.05) is 92.8 Å². The molecule has 27 heavy (non-hydrogen) atoms. The van der Waals surface area contributed by atoms with Crippen LogP contribution < -0.4 is 0 Å². The lowest BCUT2D eigenvalue weighted by Gasteiger charge is -2.13. The molecule has 1 aliphatic rings. The van der Waals surface area contributed by atoms with E-state index in [4.69, 9.17) is 0 Å². The molecular formula is C26H30O. The van der Waals surface area contributed by atoms with Crippen molar-refractivity contribution in [3.05, 3.63) is 82.9 Å². The zero-order valence-electron chi connectivity index (χ0n) is 16.2. The van der Waals surface area contributed by atoms with Crippen molar-refractivity contribution in [2.45, 2.75) is 57.8 Å². The zero-order valence-corrected chi connectivity index (χ0v) is 16.2. The van der Waals surface area contributed by atoms with Crippen LogP contribution in [0, 0.1) is 0 Å². The first-order chi connectivity index (χ1) is 13.3. The maximum absolute atomic E-state index is 13.4. The van der Waals surface area contributed by atoms with Crippen LogP contribution in [0.3, 0.4) is 0 Å². The number of hydrogen-bond donors (Lipinski definition) is 0. The van der Waals surface area contributed by atoms with Crippen molar-refractivity contribution in [3.63, 3.8) is 0 Å². The number of ketones is 1. The second kappa shape index (κ2) is 10.7. The van der Waals surface area contributed by atoms with E-state index < -0.39 is 0 Å². The summed E-state index contributed by atoms with van der Waals surface area (Å²) in [6.45, 7) is 0. The summed E-state index contributed by atoms with van der Waals surface area (Å²) >= 11 is 0. The van der Waals surface area contributed by atoms with Gasteiger partial charge in [0.25, 0.3) is 0 Å². The topological polar surface area (TPSA) is 17.1 Å². The molecule has 1 saturated carbocycles. The molecule has 2 aromatic carbocycles. The van der Waals surface area contributed by atoms with Crippen LogP contribution in [0.15, 0.2) is 71.8 Å². The molecule has 1 aliphatic carbocycles. The van der Waals surface area contributed by atoms with Crippen LogP contribution in [-0.4, -0.2) is 5.78 Å². The Morgan fingerprint density at radius 3 is 1.30 bits per heavy atom. The fourth-order valence-corrected chi connectivity index (χ4v) is 3.72. The van der Waals surface area contributed by atoms with Gasteiger partial charge in [0.1, 0.15) is 0 Å². The van der Waals surface area contributed by atoms with Crippen LogP contribution in [-0.2, 0) is 4.79 Å². The second-order valence-corrected chi connectivity index (χ2v) is 7.46. The first-order valence-corrected chi connectivity index (χ1v) is 10.4. The number of rotatable bonds is 2. The molecule has 0 saturated heterocycles. The molecule has 2 aromatic rings. The minimum Gasteiger partial charge on any atom is -0.289 e. The lowest BCUT2D eigenvalue weighted by molar-refractivity contribution is -0.112. The van der Waals surface area contributed by atoms with Crippen LogP contribution >= 0.6 is 0 Å². The summed E-state index contributed by atoms with van der Waals surface area (Å²) in [4.78, 5) is 13.4. The van der Waals surface area contributed by atoms with E-state index in [2.05, 4.69) is 36.4 Å². The van der Waals surface area contributed by atoms with E-state index in [0.29, 0.717) is 0 Å². The van der Waals surface area contributed by atoms with Gasteiger partial charge in [-0.05, 0) is 49.0 Å². The summed E-state index contributed by atoms with van der Waals surface area (Å²) in [6.07, 6.45) is 14.5. The normalized spacial score (nSPS) is 20.2. The molecule has 0 N–H and O–H groups in total. The van der Waals surface area contributed by atoms with Gasteiger partial charge in [-0.25, -0.2) is 0 Å². The van der Waals surface area contributed by atoms with Crippen LogP contribution in [0.1, 0.15) is 68.9 Å². The zero-order chi connectivity index (χ0) is 18.7. The summed E-state index contributed by atoms with van der Waals surface area (Å²) in [6, 6.07) is 20.5. The lowest BCUT2D eigenvalue weighted by Crippen LogP contribution is -2.08. The molecule has 0 aromatic heterocycles. The maximum atomic E-state index is 13.4. The molecule has 0 aliphatic heterocycles. The third kappa shape index (κ3) is 6.36. The largest absolute Gasteiger partial charge is 0.289 e. The minimum atomic E-state index is 0.239. The predicted octanol–water partition coefficient (Wildman–Crippen LogP) is 7.25. The third-order valence-corrected chi connectivity index (χ3v) is 5.26. The number of carbonyl (C=O) groups excluding carboxylic acids is 1. The van der Waals surface area contributed by atoms with Gasteiger partial charge in [0.2, 0.25) is 0 Å². The Labute approximate surface area is 163 Å². The molecule has 0 bridgehead atoms. The number of carbonyl (C=O) groups is 1. The quantitative estimate of drug-likeness (QED) is 0.517. The van der Waals surface area contributed by atoms with Crippen LogP contribution in [0.5, 0.6) is 0 Å². The highest BCUT2D eigenvalue weighted by atomic mass is 16.1. The number of hydrogen-bond acceptors (Lipinski definition) is 1. The molecule has 3 rings (SSSR count). The van der Waals surface area contributed by atoms with Crippen molar-refractivity contribution in [1.29, 1.82) is 0 Å². The minimum absolute atomic E-state index is 0.239. The van der Waals surface area contributed by atoms with Gasteiger partial charge in [0.15, 0.2) is 5.78 Å². The van der Waals surface area contributed by atoms with E-state index in [0.717, 1.165) is 48.0 Å². The molecule has 0 amide bonds. The smallest absolute Gasteiger partial charge is 0.185 e. The summed E-state index contributed by atoms with van der Waals surface area (Å²) in [5, 5.41) is 0. The molecule has 0 radical (unpaired) electrons. The van der Waals surface area contributed by atoms with Crippen LogP contribution in [0.2, 0.25) is 0 Å². The Hall–Kier alpha value is -2.41. The standard InChI is InChI=1S/C26H30O/c27-26-24(20-22-14-8-6-9-15-22)18-12-4-2-1-3-5-13-19-25(26)21-23-16-10-7-11-17-23/h6-11,14-17,20-21H,1-5,12-13,18-19H2/b24-20-,25-21-. The average molecular weight is 359 g/mol. The summed E-state index contributed by atoms with van der Waals surface area (Å²) in [5.74, 6) is 0.239. The molecule has 0 spiro atoms. The van der Waals surface area contributed by atoms with Gasteiger partial charge < -0.3 is 0 Å². The van der Waals surface area contributed by atoms with Gasteiger partial charge in [-0.3, -0.25) is 4.79 Å². The van der Waals surface area contributed by atoms with Gasteiger partial charge in [-0.2, -0.15) is 0 Å². The highest BCUT2D eigenvalue weighted by molar-refractivity contribution is 6.13. The number of allylic oxidation sites excluding steroid dienone is 2. The molecule has 0 heterocycles. The second-order valence-electron chi connectivity index (χ2n) is 7.46. The molecular weight excluding hydrogens is 328 g/mol. The van der Waals surface area contributed by atoms with E-state index in [1.54, 1.807) is 0 Å². The Kier molecular flexibility index (Phi) is 7.65. The van der Waals surface area contributed by atoms with Crippen molar-refractivity contribution in [3.8, 4) is 0 Å². The van der Waals surface area contributed by atoms with Crippen molar-refractivity contribution in [2.75, 3.05) is 0 Å². The molecule has 1 nitrogen and oxygen atoms in total. The molecule has 1 heteroatoms. The average Bonchev–Trinajstić information content (AvgIpc) is 2.71. The molecule has 140 valence electrons. The third-order valence-electron chi connectivity index (χ3n) is 5.26. The number of benzene rings is 2. The van der Waals surface area contributed by atoms with E-state index in [1.807, 2.05) is 36.4 Å². The SMILES string of the molecule is O=C1/C(=C\c2ccccc2)CCCCCCCCC/C1=C/c1ccccc1. The van der Waals surface area contributed by atoms with Gasteiger partial charge in [0.05, 0.1) is 0 Å². The summed E-state index contributed by atoms with van der Waals surface area (Å²) in [7, 11) is 0. The van der Waals surface area contributed by atoms with Gasteiger partial charge in [0, 0.05) is 11.1 Å². The van der Waals surface area contributed by atoms with Crippen molar-refractivity contribution < 1.29 is 4.79 Å². The van der Waals surface area contributed by atoms with E-state index in [-0.39, 0.29) is 5.78 Å². The highest BCUT2D eigenvalue weighted by Crippen LogP contribution is 2.25. The Bertz CT molecular complexity index is 703. The van der Waals surface area contributed by atoms with Crippen molar-refractivity contribution in [2.24, 2.45) is 0 Å². The Morgan fingerprint density at radius 2 is 0.889 bits per heavy atom. The van der Waals surface area contributed by atoms with Gasteiger partial charge in [-0.15, -0.1) is 0 Å². The maximum Gasteiger partial charge on any atom is 0.185 e. The highest BCUT2D eigenvalue weighted by Gasteiger charge is 2.16. The summed E-state index contributed by atoms with van der Waals surface area (Å²) < 4.78 is 0. The van der Waals surface area contributed by atoms with Crippen molar-refractivity contribution >= 4 is 17.9 Å². The first-order valence-electron chi connectivity index (χ1n) is 10.4. The lowest BCUT2D eigenvalue weighted by atomic mass is 9.91. The fraction of sp³-hybridized carbons (Fsp3) is 0.346. The monoisotopic (exact) mass is 358 g/mol. The molecule has 0 atom stereocenters. The summed E-state index contributed by atoms with van der Waals surface area (Å²) in [5.41, 5.74) is 4.16. The molecule has 1 fully saturated rings. The van der Waals surface area contributed by atoms with Gasteiger partial charge >= 0.3 is 0 Å². The fourth-order valence-electron chi connectivity index (χ4n) is 3.72. The predicted molar refractivity (Wildman–Crippen MR) is 115 cm³/mol. The Balaban J connectivity index is 1.91. The Morgan fingerprint density at radius 1 is 0.519 bits per heavy atom. The molecule has 0 unspecified atom stereocenters. The van der Waals surface area contributed by atoms with Crippen LogP contribution in [0.25, 0.3) is 12.2 Å². The number of Topliss-reactive ketones (excluding diaryl/α,β-unsaturated/α-hetero) is 1. The van der Waals surface area contributed by atoms with E-state index in [1.165, 1.54) is 32.1 Å². The van der Waals surface area contributed by atoms with Crippen molar-refractivity contribution in [1.82, 2.24) is 0 Å².